The van der Waals surface area contributed by atoms with Crippen molar-refractivity contribution in [2.24, 2.45) is 0 Å². The van der Waals surface area contributed by atoms with Crippen LogP contribution in [0.5, 0.6) is 0 Å². The molecule has 0 aliphatic heterocycles. The third-order valence-corrected chi connectivity index (χ3v) is 40.5. The molecule has 0 N–H and O–H groups in total. The molecule has 4 aromatic carbocycles. The third kappa shape index (κ3) is 5.47. The molecule has 0 heterocycles. The van der Waals surface area contributed by atoms with Gasteiger partial charge in [0.2, 0.25) is 0 Å². The van der Waals surface area contributed by atoms with Gasteiger partial charge in [0.25, 0.3) is 0 Å². The Labute approximate surface area is 314 Å². The molecule has 0 saturated carbocycles. The summed E-state index contributed by atoms with van der Waals surface area (Å²) in [5, 5.41) is 1.57. The van der Waals surface area contributed by atoms with Crippen LogP contribution < -0.4 is 31.4 Å². The molecule has 4 aromatic rings. The van der Waals surface area contributed by atoms with E-state index in [-0.39, 0.29) is 32.1 Å². The van der Waals surface area contributed by atoms with E-state index < -0.39 is 17.4 Å². The molecule has 6 rings (SSSR count). The first-order valence-corrected chi connectivity index (χ1v) is 28.8. The summed E-state index contributed by atoms with van der Waals surface area (Å²) >= 11 is 8.61. The molecule has 0 nitrogen and oxygen atoms in total. The quantitative estimate of drug-likeness (QED) is 0.237. The van der Waals surface area contributed by atoms with Crippen molar-refractivity contribution in [1.29, 1.82) is 0 Å². The summed E-state index contributed by atoms with van der Waals surface area (Å²) in [4.78, 5) is 0. The minimum absolute atomic E-state index is 0. The molecule has 2 aliphatic carbocycles. The van der Waals surface area contributed by atoms with E-state index in [0.717, 1.165) is 10.0 Å². The summed E-state index contributed by atoms with van der Waals surface area (Å²) in [6.07, 6.45) is 0. The van der Waals surface area contributed by atoms with E-state index in [2.05, 4.69) is 149 Å². The molecule has 6 heteroatoms. The zero-order valence-corrected chi connectivity index (χ0v) is 36.9. The van der Waals surface area contributed by atoms with Gasteiger partial charge in [0.05, 0.1) is 0 Å². The fourth-order valence-corrected chi connectivity index (χ4v) is 39.3. The van der Waals surface area contributed by atoms with Crippen LogP contribution in [0, 0.1) is 13.8 Å². The Balaban J connectivity index is 0.00000260. The van der Waals surface area contributed by atoms with Crippen molar-refractivity contribution in [2.45, 2.75) is 88.3 Å². The Morgan fingerprint density at radius 1 is 0.521 bits per heavy atom. The Kier molecular flexibility index (Phi) is 11.5. The van der Waals surface area contributed by atoms with Gasteiger partial charge in [-0.2, -0.15) is 0 Å². The second-order valence-corrected chi connectivity index (χ2v) is 38.5. The van der Waals surface area contributed by atoms with Crippen molar-refractivity contribution < 1.29 is 42.2 Å². The average Bonchev–Trinajstić information content (AvgIpc) is 3.45. The summed E-state index contributed by atoms with van der Waals surface area (Å²) in [6.45, 7) is 26.2. The van der Waals surface area contributed by atoms with Crippen LogP contribution in [0.2, 0.25) is 10.0 Å². The van der Waals surface area contributed by atoms with E-state index >= 15 is 0 Å². The largest absolute Gasteiger partial charge is 1.00 e. The summed E-state index contributed by atoms with van der Waals surface area (Å²) in [5.41, 5.74) is 17.8. The molecule has 2 atom stereocenters. The molecule has 0 spiro atoms. The average molecular weight is 814 g/mol. The second kappa shape index (κ2) is 14.0. The van der Waals surface area contributed by atoms with Gasteiger partial charge < -0.3 is 24.8 Å². The Morgan fingerprint density at radius 3 is 1.12 bits per heavy atom. The summed E-state index contributed by atoms with van der Waals surface area (Å²) in [5.74, 6) is 0.877. The van der Waals surface area contributed by atoms with Crippen LogP contribution in [0.4, 0.5) is 0 Å². The summed E-state index contributed by atoms with van der Waals surface area (Å²) in [6, 6.07) is 27.8. The number of fused-ring (bicyclic) bond motifs is 2. The molecular weight excluding hydrogens is 766 g/mol. The Hall–Kier alpha value is -1.38. The number of hydrogen-bond acceptors (Lipinski definition) is 0. The van der Waals surface area contributed by atoms with Crippen molar-refractivity contribution in [1.82, 2.24) is 0 Å². The minimum Gasteiger partial charge on any atom is -1.00 e. The SMILES string of the molecule is CC1=C(C)[CH]([Zr+2](=[SiH2])([c]2ccc(Cl)cc2)([c]2ccc(Cl)cc2)[CH]2C(C)=C(C)c3c(C(C)C)ccc(C)c32)c2c(C)ccc(C(C)C)c21.[Cl-].[Cl-]. The Morgan fingerprint density at radius 2 is 0.833 bits per heavy atom. The molecule has 2 unspecified atom stereocenters. The van der Waals surface area contributed by atoms with Gasteiger partial charge in [-0.15, -0.1) is 0 Å². The number of halogens is 4. The van der Waals surface area contributed by atoms with Crippen molar-refractivity contribution in [3.05, 3.63) is 138 Å². The van der Waals surface area contributed by atoms with Crippen LogP contribution in [-0.2, 0) is 17.4 Å². The number of benzene rings is 4. The molecule has 0 saturated heterocycles. The second-order valence-electron chi connectivity index (χ2n) is 15.0. The predicted molar refractivity (Wildman–Crippen MR) is 203 cm³/mol. The van der Waals surface area contributed by atoms with Crippen molar-refractivity contribution >= 4 is 47.8 Å². The van der Waals surface area contributed by atoms with Gasteiger partial charge in [-0.05, 0) is 0 Å². The van der Waals surface area contributed by atoms with E-state index in [0.29, 0.717) is 11.8 Å². The van der Waals surface area contributed by atoms with Crippen molar-refractivity contribution in [2.75, 3.05) is 0 Å². The normalized spacial score (nSPS) is 17.0. The van der Waals surface area contributed by atoms with E-state index in [4.69, 9.17) is 23.2 Å². The molecule has 48 heavy (non-hydrogen) atoms. The first-order valence-electron chi connectivity index (χ1n) is 16.8. The first kappa shape index (κ1) is 39.4. The standard InChI is InChI=1S/2C15H19.2C6H4Cl.2ClH.H2Si.Zr/c2*1-9(2)13-7-6-10(3)14-8-11(4)12(5)15(13)14;2*7-6-4-2-1-3-5-6;;;;/h2*6-9H,1-5H3;2*2-5H;2*1H;1H2;/q;;;;;;;+2/p-2. The van der Waals surface area contributed by atoms with Crippen molar-refractivity contribution in [3.8, 4) is 0 Å². The van der Waals surface area contributed by atoms with Crippen LogP contribution in [0.15, 0.2) is 83.9 Å². The fourth-order valence-electron chi connectivity index (χ4n) is 9.62. The topological polar surface area (TPSA) is 0 Å². The van der Waals surface area contributed by atoms with E-state index in [1.54, 1.807) is 11.1 Å². The zero-order valence-electron chi connectivity index (χ0n) is 30.0. The number of rotatable bonds is 6. The molecular formula is C42H48Cl4SiZr. The van der Waals surface area contributed by atoms with Gasteiger partial charge >= 0.3 is 292 Å². The van der Waals surface area contributed by atoms with Gasteiger partial charge in [0.15, 0.2) is 0 Å². The molecule has 0 radical (unpaired) electrons. The molecule has 0 fully saturated rings. The number of allylic oxidation sites excluding steroid dienone is 4. The van der Waals surface area contributed by atoms with Gasteiger partial charge in [-0.1, -0.05) is 0 Å². The summed E-state index contributed by atoms with van der Waals surface area (Å²) < 4.78 is 3.53. The monoisotopic (exact) mass is 810 g/mol. The Bertz CT molecular complexity index is 1880. The number of hydrogen-bond donors (Lipinski definition) is 0. The van der Waals surface area contributed by atoms with Gasteiger partial charge in [0.1, 0.15) is 0 Å². The molecule has 0 bridgehead atoms. The fraction of sp³-hybridized carbons (Fsp3) is 0.333. The molecule has 252 valence electrons. The van der Waals surface area contributed by atoms with E-state index in [1.165, 1.54) is 62.2 Å². The molecule has 0 aromatic heterocycles. The van der Waals surface area contributed by atoms with Gasteiger partial charge in [0, 0.05) is 0 Å². The first-order chi connectivity index (χ1) is 21.6. The van der Waals surface area contributed by atoms with Gasteiger partial charge in [-0.3, -0.25) is 0 Å². The van der Waals surface area contributed by atoms with Crippen LogP contribution in [0.1, 0.15) is 119 Å². The summed E-state index contributed by atoms with van der Waals surface area (Å²) in [7, 11) is 0. The van der Waals surface area contributed by atoms with Crippen molar-refractivity contribution in [3.63, 3.8) is 0 Å². The van der Waals surface area contributed by atoms with Crippen LogP contribution in [-0.4, -0.2) is 6.88 Å². The predicted octanol–water partition coefficient (Wildman–Crippen LogP) is 5.15. The molecule has 2 aliphatic rings. The molecule has 0 amide bonds. The van der Waals surface area contributed by atoms with E-state index in [1.807, 2.05) is 0 Å². The third-order valence-electron chi connectivity index (χ3n) is 12.0. The van der Waals surface area contributed by atoms with E-state index in [9.17, 15) is 0 Å². The zero-order chi connectivity index (χ0) is 33.5. The maximum absolute atomic E-state index is 6.71. The smallest absolute Gasteiger partial charge is 1.00 e. The minimum atomic E-state index is -4.81. The van der Waals surface area contributed by atoms with Crippen LogP contribution in [0.3, 0.4) is 0 Å². The maximum atomic E-state index is 6.71. The van der Waals surface area contributed by atoms with Crippen LogP contribution >= 0.6 is 23.2 Å². The van der Waals surface area contributed by atoms with Crippen LogP contribution in [0.25, 0.3) is 11.1 Å². The maximum Gasteiger partial charge on any atom is -1.00 e. The number of aryl methyl sites for hydroxylation is 2. The van der Waals surface area contributed by atoms with Gasteiger partial charge in [-0.25, -0.2) is 0 Å².